The summed E-state index contributed by atoms with van der Waals surface area (Å²) in [6.45, 7) is 3.39. The lowest BCUT2D eigenvalue weighted by atomic mass is 10.0. The number of hydrogen-bond donors (Lipinski definition) is 1. The third-order valence-electron chi connectivity index (χ3n) is 3.85. The highest BCUT2D eigenvalue weighted by Gasteiger charge is 2.33. The summed E-state index contributed by atoms with van der Waals surface area (Å²) >= 11 is 0. The number of rotatable bonds is 5. The smallest absolute Gasteiger partial charge is 0.0348 e. The van der Waals surface area contributed by atoms with E-state index in [1.165, 1.54) is 43.4 Å². The highest BCUT2D eigenvalue weighted by molar-refractivity contribution is 5.25. The number of benzene rings is 1. The fraction of sp³-hybridized carbons (Fsp3) is 0.600. The number of aryl methyl sites for hydroxylation is 1. The molecule has 0 heterocycles. The molecule has 1 aromatic rings. The summed E-state index contributed by atoms with van der Waals surface area (Å²) in [7, 11) is 0. The van der Waals surface area contributed by atoms with E-state index in [2.05, 4.69) is 36.5 Å². The summed E-state index contributed by atoms with van der Waals surface area (Å²) in [5, 5.41) is 3.78. The first-order valence-corrected chi connectivity index (χ1v) is 6.63. The molecule has 0 bridgehead atoms. The summed E-state index contributed by atoms with van der Waals surface area (Å²) in [6, 6.07) is 9.71. The molecule has 3 rings (SSSR count). The topological polar surface area (TPSA) is 12.0 Å². The molecule has 0 aromatic heterocycles. The summed E-state index contributed by atoms with van der Waals surface area (Å²) in [5.74, 6) is 1.88. The van der Waals surface area contributed by atoms with E-state index in [9.17, 15) is 0 Å². The van der Waals surface area contributed by atoms with Crippen LogP contribution in [0.25, 0.3) is 0 Å². The molecule has 86 valence electrons. The van der Waals surface area contributed by atoms with Crippen molar-refractivity contribution in [1.82, 2.24) is 5.32 Å². The molecule has 0 spiro atoms. The maximum absolute atomic E-state index is 3.78. The SMILES string of the molecule is Cc1ccc(C(NCC2CC2)C2CC2)cc1. The maximum Gasteiger partial charge on any atom is 0.0348 e. The average molecular weight is 215 g/mol. The zero-order valence-corrected chi connectivity index (χ0v) is 10.1. The zero-order chi connectivity index (χ0) is 11.0. The predicted molar refractivity (Wildman–Crippen MR) is 67.4 cm³/mol. The molecule has 2 saturated carbocycles. The van der Waals surface area contributed by atoms with Crippen LogP contribution in [0.5, 0.6) is 0 Å². The Bertz CT molecular complexity index is 346. The highest BCUT2D eigenvalue weighted by atomic mass is 14.9. The molecule has 0 amide bonds. The molecule has 1 unspecified atom stereocenters. The Kier molecular flexibility index (Phi) is 2.72. The normalized spacial score (nSPS) is 22.1. The van der Waals surface area contributed by atoms with Crippen molar-refractivity contribution in [3.8, 4) is 0 Å². The number of nitrogens with one attached hydrogen (secondary N) is 1. The molecule has 2 aliphatic rings. The summed E-state index contributed by atoms with van der Waals surface area (Å²) in [6.07, 6.45) is 5.71. The number of hydrogen-bond acceptors (Lipinski definition) is 1. The van der Waals surface area contributed by atoms with Crippen molar-refractivity contribution in [1.29, 1.82) is 0 Å². The standard InChI is InChI=1S/C15H21N/c1-11-2-6-13(7-3-11)15(14-8-9-14)16-10-12-4-5-12/h2-3,6-7,12,14-16H,4-5,8-10H2,1H3. The van der Waals surface area contributed by atoms with Gasteiger partial charge in [-0.3, -0.25) is 0 Å². The second-order valence-corrected chi connectivity index (χ2v) is 5.58. The van der Waals surface area contributed by atoms with Crippen LogP contribution in [0.15, 0.2) is 24.3 Å². The van der Waals surface area contributed by atoms with Crippen LogP contribution >= 0.6 is 0 Å². The Morgan fingerprint density at radius 2 is 1.81 bits per heavy atom. The fourth-order valence-corrected chi connectivity index (χ4v) is 2.38. The van der Waals surface area contributed by atoms with E-state index in [0.717, 1.165) is 11.8 Å². The van der Waals surface area contributed by atoms with E-state index in [4.69, 9.17) is 0 Å². The molecule has 1 aromatic carbocycles. The second kappa shape index (κ2) is 4.21. The minimum absolute atomic E-state index is 0.626. The maximum atomic E-state index is 3.78. The van der Waals surface area contributed by atoms with Crippen molar-refractivity contribution in [3.05, 3.63) is 35.4 Å². The van der Waals surface area contributed by atoms with Crippen molar-refractivity contribution < 1.29 is 0 Å². The van der Waals surface area contributed by atoms with Gasteiger partial charge in [0.25, 0.3) is 0 Å². The van der Waals surface area contributed by atoms with Crippen LogP contribution in [0.3, 0.4) is 0 Å². The molecule has 16 heavy (non-hydrogen) atoms. The van der Waals surface area contributed by atoms with E-state index >= 15 is 0 Å². The zero-order valence-electron chi connectivity index (χ0n) is 10.1. The van der Waals surface area contributed by atoms with E-state index in [0.29, 0.717) is 6.04 Å². The van der Waals surface area contributed by atoms with Crippen molar-refractivity contribution in [3.63, 3.8) is 0 Å². The van der Waals surface area contributed by atoms with E-state index in [1.807, 2.05) is 0 Å². The lowest BCUT2D eigenvalue weighted by Crippen LogP contribution is -2.25. The van der Waals surface area contributed by atoms with Gasteiger partial charge in [0.15, 0.2) is 0 Å². The Hall–Kier alpha value is -0.820. The third-order valence-corrected chi connectivity index (χ3v) is 3.85. The molecule has 0 radical (unpaired) electrons. The van der Waals surface area contributed by atoms with Crippen molar-refractivity contribution in [2.24, 2.45) is 11.8 Å². The minimum atomic E-state index is 0.626. The van der Waals surface area contributed by atoms with Crippen LogP contribution in [-0.2, 0) is 0 Å². The second-order valence-electron chi connectivity index (χ2n) is 5.58. The largest absolute Gasteiger partial charge is 0.309 e. The molecular weight excluding hydrogens is 194 g/mol. The van der Waals surface area contributed by atoms with Crippen molar-refractivity contribution in [2.45, 2.75) is 38.6 Å². The van der Waals surface area contributed by atoms with Crippen LogP contribution in [0, 0.1) is 18.8 Å². The van der Waals surface area contributed by atoms with Gasteiger partial charge >= 0.3 is 0 Å². The lowest BCUT2D eigenvalue weighted by molar-refractivity contribution is 0.468. The Morgan fingerprint density at radius 3 is 2.38 bits per heavy atom. The summed E-state index contributed by atoms with van der Waals surface area (Å²) in [5.41, 5.74) is 2.86. The van der Waals surface area contributed by atoms with Gasteiger partial charge in [-0.15, -0.1) is 0 Å². The van der Waals surface area contributed by atoms with Crippen LogP contribution in [-0.4, -0.2) is 6.54 Å². The van der Waals surface area contributed by atoms with E-state index in [-0.39, 0.29) is 0 Å². The molecule has 0 aliphatic heterocycles. The lowest BCUT2D eigenvalue weighted by Gasteiger charge is -2.19. The van der Waals surface area contributed by atoms with Gasteiger partial charge in [0.05, 0.1) is 0 Å². The van der Waals surface area contributed by atoms with Crippen molar-refractivity contribution in [2.75, 3.05) is 6.54 Å². The van der Waals surface area contributed by atoms with Crippen LogP contribution < -0.4 is 5.32 Å². The van der Waals surface area contributed by atoms with Crippen LogP contribution in [0.1, 0.15) is 42.9 Å². The Balaban J connectivity index is 1.68. The van der Waals surface area contributed by atoms with E-state index in [1.54, 1.807) is 0 Å². The van der Waals surface area contributed by atoms with Gasteiger partial charge in [-0.25, -0.2) is 0 Å². The summed E-state index contributed by atoms with van der Waals surface area (Å²) in [4.78, 5) is 0. The highest BCUT2D eigenvalue weighted by Crippen LogP contribution is 2.41. The van der Waals surface area contributed by atoms with Gasteiger partial charge < -0.3 is 5.32 Å². The van der Waals surface area contributed by atoms with Gasteiger partial charge in [0, 0.05) is 6.04 Å². The van der Waals surface area contributed by atoms with E-state index < -0.39 is 0 Å². The average Bonchev–Trinajstić information content (AvgIpc) is 3.15. The molecule has 2 aliphatic carbocycles. The van der Waals surface area contributed by atoms with Crippen molar-refractivity contribution >= 4 is 0 Å². The molecule has 0 saturated heterocycles. The summed E-state index contributed by atoms with van der Waals surface area (Å²) < 4.78 is 0. The van der Waals surface area contributed by atoms with Crippen LogP contribution in [0.2, 0.25) is 0 Å². The first-order valence-electron chi connectivity index (χ1n) is 6.63. The van der Waals surface area contributed by atoms with Gasteiger partial charge in [-0.05, 0) is 56.6 Å². The Morgan fingerprint density at radius 1 is 1.12 bits per heavy atom. The quantitative estimate of drug-likeness (QED) is 0.793. The third kappa shape index (κ3) is 2.46. The van der Waals surface area contributed by atoms with Gasteiger partial charge in [-0.2, -0.15) is 0 Å². The van der Waals surface area contributed by atoms with Gasteiger partial charge in [0.2, 0.25) is 0 Å². The van der Waals surface area contributed by atoms with Crippen LogP contribution in [0.4, 0.5) is 0 Å². The van der Waals surface area contributed by atoms with Gasteiger partial charge in [0.1, 0.15) is 0 Å². The molecule has 1 N–H and O–H groups in total. The predicted octanol–water partition coefficient (Wildman–Crippen LogP) is 3.45. The first-order chi connectivity index (χ1) is 7.83. The molecule has 2 fully saturated rings. The first kappa shape index (κ1) is 10.3. The molecule has 1 nitrogen and oxygen atoms in total. The van der Waals surface area contributed by atoms with Gasteiger partial charge in [-0.1, -0.05) is 29.8 Å². The molecule has 1 heteroatoms. The monoisotopic (exact) mass is 215 g/mol. The Labute approximate surface area is 98.3 Å². The molecule has 1 atom stereocenters. The minimum Gasteiger partial charge on any atom is -0.309 e. The molecular formula is C15H21N. The fourth-order valence-electron chi connectivity index (χ4n) is 2.38.